The molecular weight excluding hydrogens is 344 g/mol. The van der Waals surface area contributed by atoms with Crippen molar-refractivity contribution in [2.24, 2.45) is 0 Å². The minimum Gasteiger partial charge on any atom is -0.494 e. The van der Waals surface area contributed by atoms with E-state index in [9.17, 15) is 9.59 Å². The molecule has 0 aliphatic carbocycles. The summed E-state index contributed by atoms with van der Waals surface area (Å²) in [6, 6.07) is 7.22. The Balaban J connectivity index is 1.70. The van der Waals surface area contributed by atoms with Gasteiger partial charge in [0.25, 0.3) is 5.91 Å². The number of hydrogen-bond donors (Lipinski definition) is 1. The Bertz CT molecular complexity index is 569. The molecule has 1 aliphatic heterocycles. The number of piperidine rings is 1. The zero-order valence-electron chi connectivity index (χ0n) is 14.7. The number of alkyl halides is 1. The molecule has 0 aromatic heterocycles. The van der Waals surface area contributed by atoms with E-state index < -0.39 is 5.38 Å². The van der Waals surface area contributed by atoms with Crippen molar-refractivity contribution in [2.45, 2.75) is 38.1 Å². The first-order valence-corrected chi connectivity index (χ1v) is 9.01. The summed E-state index contributed by atoms with van der Waals surface area (Å²) in [7, 11) is 0. The molecular formula is C18H25ClN2O4. The highest BCUT2D eigenvalue weighted by Crippen LogP contribution is 2.17. The van der Waals surface area contributed by atoms with Crippen LogP contribution < -0.4 is 14.8 Å². The number of hydrogen-bond acceptors (Lipinski definition) is 4. The molecule has 0 radical (unpaired) electrons. The Morgan fingerprint density at radius 1 is 1.20 bits per heavy atom. The van der Waals surface area contributed by atoms with Crippen LogP contribution in [0.15, 0.2) is 24.3 Å². The van der Waals surface area contributed by atoms with E-state index in [-0.39, 0.29) is 24.5 Å². The van der Waals surface area contributed by atoms with E-state index in [0.717, 1.165) is 18.6 Å². The largest absolute Gasteiger partial charge is 0.494 e. The Morgan fingerprint density at radius 3 is 2.28 bits per heavy atom. The monoisotopic (exact) mass is 368 g/mol. The fraction of sp³-hybridized carbons (Fsp3) is 0.556. The van der Waals surface area contributed by atoms with E-state index in [0.29, 0.717) is 25.4 Å². The Labute approximate surface area is 153 Å². The lowest BCUT2D eigenvalue weighted by Crippen LogP contribution is -2.48. The second-order valence-electron chi connectivity index (χ2n) is 5.98. The van der Waals surface area contributed by atoms with E-state index in [1.807, 2.05) is 6.92 Å². The maximum atomic E-state index is 12.0. The lowest BCUT2D eigenvalue weighted by atomic mass is 10.0. The van der Waals surface area contributed by atoms with Crippen LogP contribution in [0.4, 0.5) is 0 Å². The first-order valence-electron chi connectivity index (χ1n) is 8.57. The number of benzene rings is 1. The van der Waals surface area contributed by atoms with Gasteiger partial charge in [0.1, 0.15) is 16.9 Å². The molecule has 0 bridgehead atoms. The summed E-state index contributed by atoms with van der Waals surface area (Å²) in [5.74, 6) is 1.18. The molecule has 25 heavy (non-hydrogen) atoms. The summed E-state index contributed by atoms with van der Waals surface area (Å²) in [6.07, 6.45) is 1.45. The van der Waals surface area contributed by atoms with E-state index >= 15 is 0 Å². The first-order chi connectivity index (χ1) is 12.0. The molecule has 1 N–H and O–H groups in total. The highest BCUT2D eigenvalue weighted by atomic mass is 35.5. The van der Waals surface area contributed by atoms with Crippen LogP contribution in [0.1, 0.15) is 26.7 Å². The van der Waals surface area contributed by atoms with Gasteiger partial charge in [-0.15, -0.1) is 11.6 Å². The molecule has 1 heterocycles. The number of ether oxygens (including phenoxy) is 2. The van der Waals surface area contributed by atoms with Crippen molar-refractivity contribution in [1.29, 1.82) is 0 Å². The molecule has 0 saturated carbocycles. The minimum atomic E-state index is -0.506. The van der Waals surface area contributed by atoms with Crippen LogP contribution >= 0.6 is 11.6 Å². The molecule has 0 spiro atoms. The number of rotatable bonds is 7. The molecule has 1 atom stereocenters. The highest BCUT2D eigenvalue weighted by molar-refractivity contribution is 6.30. The zero-order valence-corrected chi connectivity index (χ0v) is 15.4. The third-order valence-electron chi connectivity index (χ3n) is 4.02. The van der Waals surface area contributed by atoms with Gasteiger partial charge in [0.2, 0.25) is 5.91 Å². The Morgan fingerprint density at radius 2 is 1.76 bits per heavy atom. The van der Waals surface area contributed by atoms with Gasteiger partial charge in [0.05, 0.1) is 6.61 Å². The minimum absolute atomic E-state index is 0.0359. The van der Waals surface area contributed by atoms with Crippen LogP contribution in [0.2, 0.25) is 0 Å². The van der Waals surface area contributed by atoms with Crippen LogP contribution in [-0.4, -0.2) is 54.4 Å². The summed E-state index contributed by atoms with van der Waals surface area (Å²) < 4.78 is 10.8. The van der Waals surface area contributed by atoms with Crippen molar-refractivity contribution in [3.05, 3.63) is 24.3 Å². The number of nitrogens with zero attached hydrogens (tertiary/aromatic N) is 1. The Kier molecular flexibility index (Phi) is 7.37. The van der Waals surface area contributed by atoms with Gasteiger partial charge in [-0.1, -0.05) is 0 Å². The molecule has 2 amide bonds. The third-order valence-corrected chi connectivity index (χ3v) is 4.20. The van der Waals surface area contributed by atoms with Crippen LogP contribution in [0.3, 0.4) is 0 Å². The molecule has 1 fully saturated rings. The van der Waals surface area contributed by atoms with Crippen molar-refractivity contribution >= 4 is 23.4 Å². The Hall–Kier alpha value is -1.95. The average molecular weight is 369 g/mol. The summed E-state index contributed by atoms with van der Waals surface area (Å²) in [4.78, 5) is 25.6. The van der Waals surface area contributed by atoms with Crippen LogP contribution in [0.25, 0.3) is 0 Å². The van der Waals surface area contributed by atoms with Gasteiger partial charge < -0.3 is 19.7 Å². The zero-order chi connectivity index (χ0) is 18.2. The predicted molar refractivity (Wildman–Crippen MR) is 96.2 cm³/mol. The number of likely N-dealkylation sites (tertiary alicyclic amines) is 1. The lowest BCUT2D eigenvalue weighted by Gasteiger charge is -2.33. The van der Waals surface area contributed by atoms with E-state index in [2.05, 4.69) is 5.32 Å². The summed E-state index contributed by atoms with van der Waals surface area (Å²) >= 11 is 5.82. The van der Waals surface area contributed by atoms with Gasteiger partial charge in [-0.25, -0.2) is 0 Å². The van der Waals surface area contributed by atoms with Crippen molar-refractivity contribution < 1.29 is 19.1 Å². The van der Waals surface area contributed by atoms with E-state index in [1.54, 1.807) is 36.1 Å². The molecule has 1 aromatic rings. The summed E-state index contributed by atoms with van der Waals surface area (Å²) in [5, 5.41) is 2.44. The highest BCUT2D eigenvalue weighted by Gasteiger charge is 2.25. The van der Waals surface area contributed by atoms with Gasteiger partial charge in [-0.2, -0.15) is 0 Å². The van der Waals surface area contributed by atoms with E-state index in [4.69, 9.17) is 21.1 Å². The van der Waals surface area contributed by atoms with Gasteiger partial charge in [-0.3, -0.25) is 9.59 Å². The second-order valence-corrected chi connectivity index (χ2v) is 6.63. The molecule has 1 aromatic carbocycles. The second kappa shape index (κ2) is 9.51. The molecule has 1 unspecified atom stereocenters. The van der Waals surface area contributed by atoms with Crippen LogP contribution in [0.5, 0.6) is 11.5 Å². The summed E-state index contributed by atoms with van der Waals surface area (Å²) in [5.41, 5.74) is 0. The topological polar surface area (TPSA) is 67.9 Å². The normalized spacial score (nSPS) is 16.2. The third kappa shape index (κ3) is 6.12. The smallest absolute Gasteiger partial charge is 0.258 e. The standard InChI is InChI=1S/C18H25ClN2O4/c1-3-24-15-4-6-16(7-5-15)25-12-17(22)20-14-8-10-21(11-9-14)18(23)13(2)19/h4-7,13-14H,3,8-12H2,1-2H3,(H,20,22). The van der Waals surface area contributed by atoms with Crippen LogP contribution in [-0.2, 0) is 9.59 Å². The number of amides is 2. The SMILES string of the molecule is CCOc1ccc(OCC(=O)NC2CCN(C(=O)C(C)Cl)CC2)cc1. The lowest BCUT2D eigenvalue weighted by molar-refractivity contribution is -0.131. The van der Waals surface area contributed by atoms with Crippen molar-refractivity contribution in [3.8, 4) is 11.5 Å². The van der Waals surface area contributed by atoms with E-state index in [1.165, 1.54) is 0 Å². The van der Waals surface area contributed by atoms with Gasteiger partial charge in [0, 0.05) is 19.1 Å². The molecule has 1 aliphatic rings. The van der Waals surface area contributed by atoms with Crippen LogP contribution in [0, 0.1) is 0 Å². The average Bonchev–Trinajstić information content (AvgIpc) is 2.61. The summed E-state index contributed by atoms with van der Waals surface area (Å²) in [6.45, 7) is 5.39. The number of carbonyl (C=O) groups is 2. The fourth-order valence-corrected chi connectivity index (χ4v) is 2.85. The van der Waals surface area contributed by atoms with Crippen molar-refractivity contribution in [3.63, 3.8) is 0 Å². The molecule has 138 valence electrons. The first kappa shape index (κ1) is 19.4. The number of carbonyl (C=O) groups excluding carboxylic acids is 2. The predicted octanol–water partition coefficient (Wildman–Crippen LogP) is 2.20. The molecule has 1 saturated heterocycles. The van der Waals surface area contributed by atoms with Crippen molar-refractivity contribution in [1.82, 2.24) is 10.2 Å². The van der Waals surface area contributed by atoms with Gasteiger partial charge in [0.15, 0.2) is 6.61 Å². The maximum absolute atomic E-state index is 12.0. The fourth-order valence-electron chi connectivity index (χ4n) is 2.71. The van der Waals surface area contributed by atoms with Crippen molar-refractivity contribution in [2.75, 3.05) is 26.3 Å². The van der Waals surface area contributed by atoms with Gasteiger partial charge in [-0.05, 0) is 51.0 Å². The molecule has 7 heteroatoms. The molecule has 6 nitrogen and oxygen atoms in total. The number of nitrogens with one attached hydrogen (secondary N) is 1. The van der Waals surface area contributed by atoms with Gasteiger partial charge >= 0.3 is 0 Å². The molecule has 2 rings (SSSR count). The quantitative estimate of drug-likeness (QED) is 0.749. The number of halogens is 1. The maximum Gasteiger partial charge on any atom is 0.258 e.